The maximum Gasteiger partial charge on any atom is 0.228 e. The summed E-state index contributed by atoms with van der Waals surface area (Å²) < 4.78 is 5.40. The summed E-state index contributed by atoms with van der Waals surface area (Å²) in [5.74, 6) is 1.25. The molecular weight excluding hydrogens is 288 g/mol. The molecule has 0 bridgehead atoms. The topological polar surface area (TPSA) is 32.8 Å². The molecule has 1 aliphatic rings. The average Bonchev–Trinajstić information content (AvgIpc) is 2.54. The van der Waals surface area contributed by atoms with E-state index in [0.717, 1.165) is 51.3 Å². The van der Waals surface area contributed by atoms with Crippen molar-refractivity contribution in [1.29, 1.82) is 0 Å². The zero-order valence-corrected chi connectivity index (χ0v) is 15.0. The molecule has 0 radical (unpaired) electrons. The summed E-state index contributed by atoms with van der Waals surface area (Å²) in [6.45, 7) is 10.7. The first-order chi connectivity index (χ1) is 10.9. The fraction of sp³-hybridized carbons (Fsp3) is 0.632. The van der Waals surface area contributed by atoms with Crippen molar-refractivity contribution < 1.29 is 9.53 Å². The molecule has 0 saturated carbocycles. The Morgan fingerprint density at radius 2 is 1.78 bits per heavy atom. The van der Waals surface area contributed by atoms with Crippen LogP contribution in [0, 0.1) is 5.41 Å². The lowest BCUT2D eigenvalue weighted by atomic mass is 9.94. The second kappa shape index (κ2) is 7.82. The minimum atomic E-state index is -0.272. The summed E-state index contributed by atoms with van der Waals surface area (Å²) in [5, 5.41) is 0. The van der Waals surface area contributed by atoms with Crippen molar-refractivity contribution in [2.45, 2.75) is 33.6 Å². The number of aryl methyl sites for hydroxylation is 1. The minimum Gasteiger partial charge on any atom is -0.496 e. The first-order valence-corrected chi connectivity index (χ1v) is 8.55. The van der Waals surface area contributed by atoms with Crippen LogP contribution in [0.1, 0.15) is 32.8 Å². The van der Waals surface area contributed by atoms with E-state index in [9.17, 15) is 4.79 Å². The van der Waals surface area contributed by atoms with Crippen LogP contribution >= 0.6 is 0 Å². The van der Waals surface area contributed by atoms with Gasteiger partial charge in [0.1, 0.15) is 5.75 Å². The molecule has 1 aromatic rings. The standard InChI is InChI=1S/C19H30N2O2/c1-19(2,3)18(22)21-14-12-20(13-15-21)11-7-9-16-8-5-6-10-17(16)23-4/h5-6,8,10H,7,9,11-15H2,1-4H3. The van der Waals surface area contributed by atoms with E-state index in [4.69, 9.17) is 4.74 Å². The van der Waals surface area contributed by atoms with Crippen LogP contribution in [0.2, 0.25) is 0 Å². The zero-order valence-electron chi connectivity index (χ0n) is 15.0. The number of methoxy groups -OCH3 is 1. The molecule has 1 aromatic carbocycles. The van der Waals surface area contributed by atoms with Gasteiger partial charge in [-0.2, -0.15) is 0 Å². The molecule has 0 unspecified atom stereocenters. The van der Waals surface area contributed by atoms with E-state index in [1.165, 1.54) is 5.56 Å². The van der Waals surface area contributed by atoms with Crippen molar-refractivity contribution in [3.8, 4) is 5.75 Å². The Kier molecular flexibility index (Phi) is 6.05. The molecule has 0 aliphatic carbocycles. The van der Waals surface area contributed by atoms with Crippen LogP contribution in [0.15, 0.2) is 24.3 Å². The summed E-state index contributed by atoms with van der Waals surface area (Å²) in [5.41, 5.74) is 1.00. The van der Waals surface area contributed by atoms with Gasteiger partial charge in [0.2, 0.25) is 5.91 Å². The molecule has 2 rings (SSSR count). The Hall–Kier alpha value is -1.55. The highest BCUT2D eigenvalue weighted by Crippen LogP contribution is 2.20. The molecular formula is C19H30N2O2. The number of carbonyl (C=O) groups is 1. The molecule has 1 aliphatic heterocycles. The van der Waals surface area contributed by atoms with Gasteiger partial charge in [0, 0.05) is 31.6 Å². The first-order valence-electron chi connectivity index (χ1n) is 8.55. The Morgan fingerprint density at radius 3 is 2.39 bits per heavy atom. The quantitative estimate of drug-likeness (QED) is 0.837. The lowest BCUT2D eigenvalue weighted by Gasteiger charge is -2.37. The molecule has 0 spiro atoms. The van der Waals surface area contributed by atoms with E-state index in [-0.39, 0.29) is 11.3 Å². The predicted molar refractivity (Wildman–Crippen MR) is 93.8 cm³/mol. The van der Waals surface area contributed by atoms with E-state index in [1.807, 2.05) is 37.8 Å². The summed E-state index contributed by atoms with van der Waals surface area (Å²) in [6, 6.07) is 8.23. The zero-order chi connectivity index (χ0) is 16.9. The fourth-order valence-corrected chi connectivity index (χ4v) is 3.05. The third-order valence-electron chi connectivity index (χ3n) is 4.41. The predicted octanol–water partition coefficient (Wildman–Crippen LogP) is 2.82. The van der Waals surface area contributed by atoms with Crippen molar-refractivity contribution in [1.82, 2.24) is 9.80 Å². The van der Waals surface area contributed by atoms with Gasteiger partial charge in [-0.15, -0.1) is 0 Å². The van der Waals surface area contributed by atoms with Crippen molar-refractivity contribution in [2.75, 3.05) is 39.8 Å². The molecule has 4 nitrogen and oxygen atoms in total. The van der Waals surface area contributed by atoms with Crippen molar-refractivity contribution >= 4 is 5.91 Å². The molecule has 1 saturated heterocycles. The number of hydrogen-bond donors (Lipinski definition) is 0. The third kappa shape index (κ3) is 4.96. The van der Waals surface area contributed by atoms with E-state index in [2.05, 4.69) is 17.0 Å². The summed E-state index contributed by atoms with van der Waals surface area (Å²) in [4.78, 5) is 16.8. The van der Waals surface area contributed by atoms with Gasteiger partial charge >= 0.3 is 0 Å². The molecule has 0 N–H and O–H groups in total. The number of carbonyl (C=O) groups excluding carboxylic acids is 1. The molecule has 4 heteroatoms. The maximum absolute atomic E-state index is 12.3. The van der Waals surface area contributed by atoms with Gasteiger partial charge in [-0.3, -0.25) is 9.69 Å². The minimum absolute atomic E-state index is 0.270. The summed E-state index contributed by atoms with van der Waals surface area (Å²) >= 11 is 0. The third-order valence-corrected chi connectivity index (χ3v) is 4.41. The van der Waals surface area contributed by atoms with Crippen LogP contribution in [0.5, 0.6) is 5.75 Å². The lowest BCUT2D eigenvalue weighted by Crippen LogP contribution is -2.51. The number of piperazine rings is 1. The molecule has 23 heavy (non-hydrogen) atoms. The van der Waals surface area contributed by atoms with Gasteiger partial charge in [0.15, 0.2) is 0 Å². The van der Waals surface area contributed by atoms with Crippen LogP contribution in [0.3, 0.4) is 0 Å². The van der Waals surface area contributed by atoms with E-state index in [1.54, 1.807) is 7.11 Å². The second-order valence-electron chi connectivity index (χ2n) is 7.30. The molecule has 1 fully saturated rings. The van der Waals surface area contributed by atoms with Gasteiger partial charge < -0.3 is 9.64 Å². The highest BCUT2D eigenvalue weighted by Gasteiger charge is 2.29. The number of para-hydroxylation sites is 1. The van der Waals surface area contributed by atoms with Crippen LogP contribution in [0.4, 0.5) is 0 Å². The average molecular weight is 318 g/mol. The lowest BCUT2D eigenvalue weighted by molar-refractivity contribution is -0.141. The number of benzene rings is 1. The Balaban J connectivity index is 1.74. The SMILES string of the molecule is COc1ccccc1CCCN1CCN(C(=O)C(C)(C)C)CC1. The fourth-order valence-electron chi connectivity index (χ4n) is 3.05. The molecule has 0 atom stereocenters. The van der Waals surface area contributed by atoms with Crippen molar-refractivity contribution in [2.24, 2.45) is 5.41 Å². The number of nitrogens with zero attached hydrogens (tertiary/aromatic N) is 2. The van der Waals surface area contributed by atoms with Crippen LogP contribution in [0.25, 0.3) is 0 Å². The highest BCUT2D eigenvalue weighted by molar-refractivity contribution is 5.81. The first kappa shape index (κ1) is 17.8. The van der Waals surface area contributed by atoms with Crippen LogP contribution in [-0.4, -0.2) is 55.5 Å². The summed E-state index contributed by atoms with van der Waals surface area (Å²) in [6.07, 6.45) is 2.15. The maximum atomic E-state index is 12.3. The molecule has 128 valence electrons. The number of ether oxygens (including phenoxy) is 1. The number of amides is 1. The highest BCUT2D eigenvalue weighted by atomic mass is 16.5. The second-order valence-corrected chi connectivity index (χ2v) is 7.30. The van der Waals surface area contributed by atoms with Gasteiger partial charge in [0.05, 0.1) is 7.11 Å². The van der Waals surface area contributed by atoms with Crippen molar-refractivity contribution in [3.63, 3.8) is 0 Å². The van der Waals surface area contributed by atoms with Gasteiger partial charge in [-0.25, -0.2) is 0 Å². The van der Waals surface area contributed by atoms with Crippen molar-refractivity contribution in [3.05, 3.63) is 29.8 Å². The van der Waals surface area contributed by atoms with Gasteiger partial charge in [0.25, 0.3) is 0 Å². The smallest absolute Gasteiger partial charge is 0.228 e. The largest absolute Gasteiger partial charge is 0.496 e. The van der Waals surface area contributed by atoms with Crippen LogP contribution < -0.4 is 4.74 Å². The molecule has 1 amide bonds. The van der Waals surface area contributed by atoms with E-state index in [0.29, 0.717) is 0 Å². The molecule has 1 heterocycles. The monoisotopic (exact) mass is 318 g/mol. The van der Waals surface area contributed by atoms with E-state index < -0.39 is 0 Å². The van der Waals surface area contributed by atoms with E-state index >= 15 is 0 Å². The molecule has 0 aromatic heterocycles. The normalized spacial score (nSPS) is 16.4. The van der Waals surface area contributed by atoms with Gasteiger partial charge in [-0.05, 0) is 31.0 Å². The summed E-state index contributed by atoms with van der Waals surface area (Å²) in [7, 11) is 1.73. The Morgan fingerprint density at radius 1 is 1.13 bits per heavy atom. The van der Waals surface area contributed by atoms with Crippen LogP contribution in [-0.2, 0) is 11.2 Å². The Bertz CT molecular complexity index is 514. The number of rotatable bonds is 5. The van der Waals surface area contributed by atoms with Gasteiger partial charge in [-0.1, -0.05) is 39.0 Å². The Labute approximate surface area is 140 Å². The number of hydrogen-bond acceptors (Lipinski definition) is 3.